The second-order valence-electron chi connectivity index (χ2n) is 10.1. The lowest BCUT2D eigenvalue weighted by molar-refractivity contribution is -0.152. The van der Waals surface area contributed by atoms with Gasteiger partial charge >= 0.3 is 18.1 Å². The van der Waals surface area contributed by atoms with E-state index in [9.17, 15) is 37.8 Å². The van der Waals surface area contributed by atoms with Gasteiger partial charge in [0.05, 0.1) is 22.2 Å². The summed E-state index contributed by atoms with van der Waals surface area (Å²) in [5.74, 6) is -2.82. The average molecular weight is 541 g/mol. The summed E-state index contributed by atoms with van der Waals surface area (Å²) in [4.78, 5) is 37.2. The van der Waals surface area contributed by atoms with E-state index in [1.165, 1.54) is 66.1 Å². The molecule has 1 aliphatic rings. The van der Waals surface area contributed by atoms with Crippen LogP contribution < -0.4 is 5.32 Å². The minimum Gasteiger partial charge on any atom is -0.481 e. The van der Waals surface area contributed by atoms with E-state index in [-0.39, 0.29) is 24.1 Å². The molecule has 1 aliphatic carbocycles. The molecule has 3 N–H and O–H groups in total. The van der Waals surface area contributed by atoms with Crippen molar-refractivity contribution in [3.05, 3.63) is 94.8 Å². The van der Waals surface area contributed by atoms with Crippen molar-refractivity contribution in [1.29, 1.82) is 0 Å². The Morgan fingerprint density at radius 2 is 1.62 bits per heavy atom. The van der Waals surface area contributed by atoms with Gasteiger partial charge in [-0.05, 0) is 69.5 Å². The van der Waals surface area contributed by atoms with Gasteiger partial charge in [-0.1, -0.05) is 36.4 Å². The Morgan fingerprint density at radius 1 is 0.974 bits per heavy atom. The SMILES string of the molecule is Cc1cc(C(=O)Nc2ccc(C3(C(=O)O)C=CCC(C)(C(=O)O)C3)cc2)c(C)n1-c1ccccc1C(F)(F)F. The number of halogens is 3. The second kappa shape index (κ2) is 9.76. The molecule has 1 heterocycles. The third-order valence-corrected chi connectivity index (χ3v) is 7.32. The van der Waals surface area contributed by atoms with Crippen molar-refractivity contribution in [2.75, 3.05) is 5.32 Å². The molecule has 204 valence electrons. The number of nitrogens with one attached hydrogen (secondary N) is 1. The number of allylic oxidation sites excluding steroid dienone is 1. The van der Waals surface area contributed by atoms with Gasteiger partial charge in [0, 0.05) is 17.1 Å². The Bertz CT molecular complexity index is 1490. The first-order valence-electron chi connectivity index (χ1n) is 12.1. The fourth-order valence-electron chi connectivity index (χ4n) is 5.22. The van der Waals surface area contributed by atoms with Crippen LogP contribution >= 0.6 is 0 Å². The quantitative estimate of drug-likeness (QED) is 0.326. The Morgan fingerprint density at radius 3 is 2.21 bits per heavy atom. The molecule has 0 bridgehead atoms. The summed E-state index contributed by atoms with van der Waals surface area (Å²) in [5, 5.41) is 22.4. The van der Waals surface area contributed by atoms with E-state index in [2.05, 4.69) is 5.32 Å². The zero-order valence-corrected chi connectivity index (χ0v) is 21.5. The van der Waals surface area contributed by atoms with E-state index >= 15 is 0 Å². The monoisotopic (exact) mass is 540 g/mol. The summed E-state index contributed by atoms with van der Waals surface area (Å²) in [6, 6.07) is 12.7. The molecule has 2 atom stereocenters. The first-order valence-corrected chi connectivity index (χ1v) is 12.1. The van der Waals surface area contributed by atoms with E-state index < -0.39 is 40.4 Å². The van der Waals surface area contributed by atoms with Crippen molar-refractivity contribution in [2.45, 2.75) is 45.2 Å². The lowest BCUT2D eigenvalue weighted by atomic mass is 9.63. The van der Waals surface area contributed by atoms with E-state index in [0.717, 1.165) is 6.07 Å². The van der Waals surface area contributed by atoms with Crippen LogP contribution in [0, 0.1) is 19.3 Å². The number of carboxylic acids is 2. The number of alkyl halides is 3. The maximum Gasteiger partial charge on any atom is 0.418 e. The largest absolute Gasteiger partial charge is 0.481 e. The van der Waals surface area contributed by atoms with Crippen LogP contribution in [-0.2, 0) is 21.2 Å². The van der Waals surface area contributed by atoms with Crippen molar-refractivity contribution >= 4 is 23.5 Å². The van der Waals surface area contributed by atoms with Crippen LogP contribution in [-0.4, -0.2) is 32.6 Å². The molecule has 0 fully saturated rings. The molecule has 0 radical (unpaired) electrons. The Hall–Kier alpha value is -4.34. The van der Waals surface area contributed by atoms with Crippen molar-refractivity contribution in [2.24, 2.45) is 5.41 Å². The molecular formula is C29H27F3N2O5. The van der Waals surface area contributed by atoms with Gasteiger partial charge in [-0.25, -0.2) is 0 Å². The summed E-state index contributed by atoms with van der Waals surface area (Å²) < 4.78 is 42.2. The predicted octanol–water partition coefficient (Wildman–Crippen LogP) is 6.13. The predicted molar refractivity (Wildman–Crippen MR) is 138 cm³/mol. The standard InChI is InChI=1S/C29H27F3N2O5/c1-17-15-21(18(2)34(17)23-8-5-4-7-22(23)29(30,31)32)24(35)33-20-11-9-19(10-12-20)28(26(38)39)14-6-13-27(3,16-28)25(36)37/h4-12,14-15H,13,16H2,1-3H3,(H,33,35)(H,36,37)(H,38,39). The number of anilines is 1. The summed E-state index contributed by atoms with van der Waals surface area (Å²) in [7, 11) is 0. The van der Waals surface area contributed by atoms with Gasteiger partial charge in [0.15, 0.2) is 0 Å². The minimum atomic E-state index is -4.58. The number of aromatic nitrogens is 1. The molecule has 10 heteroatoms. The van der Waals surface area contributed by atoms with Crippen LogP contribution in [0.2, 0.25) is 0 Å². The van der Waals surface area contributed by atoms with Gasteiger partial charge in [0.1, 0.15) is 5.41 Å². The number of carbonyl (C=O) groups excluding carboxylic acids is 1. The minimum absolute atomic E-state index is 0.0868. The highest BCUT2D eigenvalue weighted by Gasteiger charge is 2.49. The number of aliphatic carboxylic acids is 2. The molecular weight excluding hydrogens is 513 g/mol. The number of benzene rings is 2. The Kier molecular flexibility index (Phi) is 6.93. The molecule has 7 nitrogen and oxygen atoms in total. The number of rotatable bonds is 6. The topological polar surface area (TPSA) is 109 Å². The maximum atomic E-state index is 13.6. The van der Waals surface area contributed by atoms with Crippen LogP contribution in [0.1, 0.15) is 52.6 Å². The normalized spacial score (nSPS) is 21.0. The lowest BCUT2D eigenvalue weighted by Gasteiger charge is -2.38. The molecule has 4 rings (SSSR count). The van der Waals surface area contributed by atoms with Crippen LogP contribution in [0.5, 0.6) is 0 Å². The summed E-state index contributed by atoms with van der Waals surface area (Å²) in [6.45, 7) is 4.68. The van der Waals surface area contributed by atoms with Crippen LogP contribution in [0.25, 0.3) is 5.69 Å². The van der Waals surface area contributed by atoms with E-state index in [0.29, 0.717) is 22.6 Å². The van der Waals surface area contributed by atoms with Crippen LogP contribution in [0.3, 0.4) is 0 Å². The number of amides is 1. The van der Waals surface area contributed by atoms with Gasteiger partial charge in [-0.15, -0.1) is 0 Å². The first-order chi connectivity index (χ1) is 18.2. The highest BCUT2D eigenvalue weighted by atomic mass is 19.4. The van der Waals surface area contributed by atoms with Crippen molar-refractivity contribution in [3.8, 4) is 5.69 Å². The molecule has 1 aromatic heterocycles. The molecule has 2 unspecified atom stereocenters. The van der Waals surface area contributed by atoms with Gasteiger partial charge < -0.3 is 20.1 Å². The maximum absolute atomic E-state index is 13.6. The molecule has 39 heavy (non-hydrogen) atoms. The zero-order valence-electron chi connectivity index (χ0n) is 21.5. The van der Waals surface area contributed by atoms with Gasteiger partial charge in [-0.2, -0.15) is 13.2 Å². The fourth-order valence-corrected chi connectivity index (χ4v) is 5.22. The highest BCUT2D eigenvalue weighted by molar-refractivity contribution is 6.05. The molecule has 3 aromatic rings. The van der Waals surface area contributed by atoms with Crippen LogP contribution in [0.4, 0.5) is 18.9 Å². The Labute approximate surface area is 222 Å². The third-order valence-electron chi connectivity index (χ3n) is 7.32. The van der Waals surface area contributed by atoms with Crippen LogP contribution in [0.15, 0.2) is 66.7 Å². The summed E-state index contributed by atoms with van der Waals surface area (Å²) >= 11 is 0. The molecule has 2 aromatic carbocycles. The van der Waals surface area contributed by atoms with E-state index in [1.54, 1.807) is 19.9 Å². The molecule has 1 amide bonds. The van der Waals surface area contributed by atoms with Gasteiger partial charge in [0.2, 0.25) is 0 Å². The van der Waals surface area contributed by atoms with Gasteiger partial charge in [-0.3, -0.25) is 14.4 Å². The first kappa shape index (κ1) is 27.7. The van der Waals surface area contributed by atoms with Crippen molar-refractivity contribution < 1.29 is 37.8 Å². The number of hydrogen-bond acceptors (Lipinski definition) is 3. The number of carboxylic acid groups (broad SMARTS) is 2. The summed E-state index contributed by atoms with van der Waals surface area (Å²) in [6.07, 6.45) is -1.45. The summed E-state index contributed by atoms with van der Waals surface area (Å²) in [5.41, 5.74) is -2.07. The Balaban J connectivity index is 1.62. The zero-order chi connectivity index (χ0) is 28.8. The van der Waals surface area contributed by atoms with Crippen molar-refractivity contribution in [1.82, 2.24) is 4.57 Å². The number of para-hydroxylation sites is 1. The average Bonchev–Trinajstić information content (AvgIpc) is 3.17. The number of aryl methyl sites for hydroxylation is 1. The van der Waals surface area contributed by atoms with Crippen molar-refractivity contribution in [3.63, 3.8) is 0 Å². The molecule has 0 aliphatic heterocycles. The number of carbonyl (C=O) groups is 3. The smallest absolute Gasteiger partial charge is 0.418 e. The number of hydrogen-bond donors (Lipinski definition) is 3. The second-order valence-corrected chi connectivity index (χ2v) is 10.1. The highest BCUT2D eigenvalue weighted by Crippen LogP contribution is 2.45. The molecule has 0 saturated carbocycles. The number of nitrogens with zero attached hydrogens (tertiary/aromatic N) is 1. The molecule has 0 saturated heterocycles. The van der Waals surface area contributed by atoms with E-state index in [4.69, 9.17) is 0 Å². The lowest BCUT2D eigenvalue weighted by Crippen LogP contribution is -2.44. The third kappa shape index (κ3) is 4.94. The van der Waals surface area contributed by atoms with E-state index in [1.807, 2.05) is 0 Å². The van der Waals surface area contributed by atoms with Gasteiger partial charge in [0.25, 0.3) is 5.91 Å². The fraction of sp³-hybridized carbons (Fsp3) is 0.276. The molecule has 0 spiro atoms.